The van der Waals surface area contributed by atoms with Gasteiger partial charge in [-0.25, -0.2) is 0 Å². The van der Waals surface area contributed by atoms with E-state index in [1.807, 2.05) is 12.1 Å². The van der Waals surface area contributed by atoms with Gasteiger partial charge in [0.1, 0.15) is 0 Å². The SMILES string of the molecule is CCNC(COC(C)(C)CC)c1ccc(OC)c(OC)c1. The Bertz CT molecular complexity index is 432. The van der Waals surface area contributed by atoms with E-state index < -0.39 is 0 Å². The minimum absolute atomic E-state index is 0.107. The summed E-state index contributed by atoms with van der Waals surface area (Å²) in [5.41, 5.74) is 1.03. The lowest BCUT2D eigenvalue weighted by Gasteiger charge is -2.28. The van der Waals surface area contributed by atoms with E-state index in [1.54, 1.807) is 14.2 Å². The van der Waals surface area contributed by atoms with Gasteiger partial charge in [-0.3, -0.25) is 0 Å². The second-order valence-corrected chi connectivity index (χ2v) is 5.65. The Kier molecular flexibility index (Phi) is 6.99. The van der Waals surface area contributed by atoms with Crippen LogP contribution in [0.4, 0.5) is 0 Å². The largest absolute Gasteiger partial charge is 0.493 e. The Morgan fingerprint density at radius 1 is 1.10 bits per heavy atom. The molecule has 0 heterocycles. The lowest BCUT2D eigenvalue weighted by atomic mass is 10.0. The Morgan fingerprint density at radius 3 is 2.29 bits per heavy atom. The molecule has 1 rings (SSSR count). The van der Waals surface area contributed by atoms with E-state index in [-0.39, 0.29) is 11.6 Å². The van der Waals surface area contributed by atoms with Crippen molar-refractivity contribution < 1.29 is 14.2 Å². The highest BCUT2D eigenvalue weighted by Crippen LogP contribution is 2.30. The molecule has 0 aromatic heterocycles. The van der Waals surface area contributed by atoms with Crippen LogP contribution in [-0.2, 0) is 4.74 Å². The molecule has 0 aliphatic rings. The molecular formula is C17H29NO3. The normalized spacial score (nSPS) is 13.0. The lowest BCUT2D eigenvalue weighted by molar-refractivity contribution is -0.0306. The summed E-state index contributed by atoms with van der Waals surface area (Å²) in [6.07, 6.45) is 0.984. The van der Waals surface area contributed by atoms with Crippen LogP contribution in [0.15, 0.2) is 18.2 Å². The van der Waals surface area contributed by atoms with E-state index in [9.17, 15) is 0 Å². The fraction of sp³-hybridized carbons (Fsp3) is 0.647. The molecular weight excluding hydrogens is 266 g/mol. The van der Waals surface area contributed by atoms with Gasteiger partial charge in [-0.15, -0.1) is 0 Å². The summed E-state index contributed by atoms with van der Waals surface area (Å²) in [6, 6.07) is 6.13. The van der Waals surface area contributed by atoms with Crippen molar-refractivity contribution in [3.05, 3.63) is 23.8 Å². The molecule has 120 valence electrons. The van der Waals surface area contributed by atoms with Crippen molar-refractivity contribution in [1.82, 2.24) is 5.32 Å². The molecule has 0 aliphatic carbocycles. The number of nitrogens with one attached hydrogen (secondary N) is 1. The first kappa shape index (κ1) is 17.8. The molecule has 0 bridgehead atoms. The van der Waals surface area contributed by atoms with Gasteiger partial charge in [0.25, 0.3) is 0 Å². The highest BCUT2D eigenvalue weighted by atomic mass is 16.5. The van der Waals surface area contributed by atoms with Crippen LogP contribution < -0.4 is 14.8 Å². The quantitative estimate of drug-likeness (QED) is 0.756. The van der Waals surface area contributed by atoms with Crippen LogP contribution in [0.5, 0.6) is 11.5 Å². The number of ether oxygens (including phenoxy) is 3. The molecule has 0 radical (unpaired) electrons. The molecule has 0 saturated carbocycles. The van der Waals surface area contributed by atoms with E-state index in [1.165, 1.54) is 0 Å². The Hall–Kier alpha value is -1.26. The van der Waals surface area contributed by atoms with Crippen molar-refractivity contribution in [3.63, 3.8) is 0 Å². The van der Waals surface area contributed by atoms with Crippen molar-refractivity contribution in [2.24, 2.45) is 0 Å². The second kappa shape index (κ2) is 8.25. The zero-order valence-corrected chi connectivity index (χ0v) is 14.2. The first-order valence-electron chi connectivity index (χ1n) is 7.56. The summed E-state index contributed by atoms with van der Waals surface area (Å²) in [7, 11) is 3.30. The zero-order chi connectivity index (χ0) is 15.9. The van der Waals surface area contributed by atoms with E-state index >= 15 is 0 Å². The first-order valence-corrected chi connectivity index (χ1v) is 7.56. The fourth-order valence-electron chi connectivity index (χ4n) is 2.00. The molecule has 0 spiro atoms. The minimum Gasteiger partial charge on any atom is -0.493 e. The predicted molar refractivity (Wildman–Crippen MR) is 86.3 cm³/mol. The molecule has 0 aliphatic heterocycles. The zero-order valence-electron chi connectivity index (χ0n) is 14.2. The summed E-state index contributed by atoms with van der Waals surface area (Å²) in [6.45, 7) is 9.98. The van der Waals surface area contributed by atoms with Crippen molar-refractivity contribution in [3.8, 4) is 11.5 Å². The van der Waals surface area contributed by atoms with Crippen LogP contribution >= 0.6 is 0 Å². The van der Waals surface area contributed by atoms with Crippen LogP contribution in [0.2, 0.25) is 0 Å². The maximum absolute atomic E-state index is 6.04. The molecule has 0 fully saturated rings. The van der Waals surface area contributed by atoms with Crippen molar-refractivity contribution >= 4 is 0 Å². The summed E-state index contributed by atoms with van der Waals surface area (Å²) in [5, 5.41) is 3.46. The highest BCUT2D eigenvalue weighted by Gasteiger charge is 2.20. The number of hydrogen-bond donors (Lipinski definition) is 1. The molecule has 4 heteroatoms. The summed E-state index contributed by atoms with van der Waals surface area (Å²) in [4.78, 5) is 0. The molecule has 21 heavy (non-hydrogen) atoms. The van der Waals surface area contributed by atoms with Crippen LogP contribution in [0.25, 0.3) is 0 Å². The molecule has 0 amide bonds. The fourth-order valence-corrected chi connectivity index (χ4v) is 2.00. The number of likely N-dealkylation sites (N-methyl/N-ethyl adjacent to an activating group) is 1. The Labute approximate surface area is 128 Å². The smallest absolute Gasteiger partial charge is 0.161 e. The third-order valence-corrected chi connectivity index (χ3v) is 3.75. The monoisotopic (exact) mass is 295 g/mol. The first-order chi connectivity index (χ1) is 9.97. The number of benzene rings is 1. The van der Waals surface area contributed by atoms with Gasteiger partial charge < -0.3 is 19.5 Å². The molecule has 1 aromatic carbocycles. The van der Waals surface area contributed by atoms with Gasteiger partial charge in [0.2, 0.25) is 0 Å². The van der Waals surface area contributed by atoms with Crippen molar-refractivity contribution in [1.29, 1.82) is 0 Å². The highest BCUT2D eigenvalue weighted by molar-refractivity contribution is 5.43. The summed E-state index contributed by atoms with van der Waals surface area (Å²) < 4.78 is 16.7. The van der Waals surface area contributed by atoms with Crippen molar-refractivity contribution in [2.75, 3.05) is 27.4 Å². The van der Waals surface area contributed by atoms with Crippen LogP contribution in [0.3, 0.4) is 0 Å². The summed E-state index contributed by atoms with van der Waals surface area (Å²) in [5.74, 6) is 1.49. The van der Waals surface area contributed by atoms with Crippen LogP contribution in [-0.4, -0.2) is 33.0 Å². The predicted octanol–water partition coefficient (Wildman–Crippen LogP) is 3.56. The molecule has 1 N–H and O–H groups in total. The minimum atomic E-state index is -0.107. The van der Waals surface area contributed by atoms with Crippen molar-refractivity contribution in [2.45, 2.75) is 45.8 Å². The van der Waals surface area contributed by atoms with E-state index in [2.05, 4.69) is 39.1 Å². The number of methoxy groups -OCH3 is 2. The van der Waals surface area contributed by atoms with Gasteiger partial charge in [-0.2, -0.15) is 0 Å². The van der Waals surface area contributed by atoms with Crippen LogP contribution in [0, 0.1) is 0 Å². The molecule has 1 atom stereocenters. The van der Waals surface area contributed by atoms with Crippen LogP contribution in [0.1, 0.15) is 45.7 Å². The maximum Gasteiger partial charge on any atom is 0.161 e. The van der Waals surface area contributed by atoms with Gasteiger partial charge in [0, 0.05) is 0 Å². The Balaban J connectivity index is 2.89. The average Bonchev–Trinajstić information content (AvgIpc) is 2.50. The summed E-state index contributed by atoms with van der Waals surface area (Å²) >= 11 is 0. The molecule has 1 unspecified atom stereocenters. The van der Waals surface area contributed by atoms with E-state index in [4.69, 9.17) is 14.2 Å². The molecule has 0 saturated heterocycles. The topological polar surface area (TPSA) is 39.7 Å². The lowest BCUT2D eigenvalue weighted by Crippen LogP contribution is -2.31. The average molecular weight is 295 g/mol. The van der Waals surface area contributed by atoms with Gasteiger partial charge in [-0.1, -0.05) is 19.9 Å². The van der Waals surface area contributed by atoms with Gasteiger partial charge in [0.05, 0.1) is 32.5 Å². The third kappa shape index (κ3) is 5.21. The third-order valence-electron chi connectivity index (χ3n) is 3.75. The molecule has 4 nitrogen and oxygen atoms in total. The second-order valence-electron chi connectivity index (χ2n) is 5.65. The van der Waals surface area contributed by atoms with E-state index in [0.717, 1.165) is 30.0 Å². The van der Waals surface area contributed by atoms with Gasteiger partial charge >= 0.3 is 0 Å². The molecule has 1 aromatic rings. The number of hydrogen-bond acceptors (Lipinski definition) is 4. The maximum atomic E-state index is 6.04. The Morgan fingerprint density at radius 2 is 1.76 bits per heavy atom. The van der Waals surface area contributed by atoms with Gasteiger partial charge in [0.15, 0.2) is 11.5 Å². The van der Waals surface area contributed by atoms with Gasteiger partial charge in [-0.05, 0) is 44.5 Å². The standard InChI is InChI=1S/C17H29NO3/c1-7-17(3,4)21-12-14(18-8-2)13-9-10-15(19-5)16(11-13)20-6/h9-11,14,18H,7-8,12H2,1-6H3. The number of rotatable bonds is 9. The van der Waals surface area contributed by atoms with E-state index in [0.29, 0.717) is 6.61 Å².